The zero-order valence-electron chi connectivity index (χ0n) is 10.6. The molecule has 3 rings (SSSR count). The lowest BCUT2D eigenvalue weighted by Crippen LogP contribution is -2.01. The minimum atomic E-state index is -0.977. The average molecular weight is 270 g/mol. The van der Waals surface area contributed by atoms with Crippen LogP contribution < -0.4 is 0 Å². The van der Waals surface area contributed by atoms with E-state index in [1.54, 1.807) is 6.07 Å². The molecular weight excluding hydrogens is 258 g/mol. The molecular formula is C17H12F2O. The van der Waals surface area contributed by atoms with E-state index in [0.717, 1.165) is 22.9 Å². The molecule has 1 unspecified atom stereocenters. The second kappa shape index (κ2) is 5.02. The van der Waals surface area contributed by atoms with E-state index in [1.165, 1.54) is 6.07 Å². The van der Waals surface area contributed by atoms with Gasteiger partial charge in [0.1, 0.15) is 6.10 Å². The van der Waals surface area contributed by atoms with Crippen molar-refractivity contribution in [1.29, 1.82) is 0 Å². The molecule has 0 amide bonds. The molecule has 0 saturated carbocycles. The van der Waals surface area contributed by atoms with E-state index >= 15 is 0 Å². The van der Waals surface area contributed by atoms with E-state index in [0.29, 0.717) is 11.1 Å². The van der Waals surface area contributed by atoms with Crippen LogP contribution in [-0.2, 0) is 0 Å². The maximum Gasteiger partial charge on any atom is 0.159 e. The Morgan fingerprint density at radius 2 is 1.35 bits per heavy atom. The number of benzene rings is 3. The summed E-state index contributed by atoms with van der Waals surface area (Å²) in [6.07, 6.45) is -0.977. The van der Waals surface area contributed by atoms with Crippen LogP contribution in [0.2, 0.25) is 0 Å². The fourth-order valence-electron chi connectivity index (χ4n) is 2.25. The average Bonchev–Trinajstić information content (AvgIpc) is 2.49. The van der Waals surface area contributed by atoms with Gasteiger partial charge in [0, 0.05) is 0 Å². The zero-order chi connectivity index (χ0) is 14.1. The Balaban J connectivity index is 2.02. The van der Waals surface area contributed by atoms with Gasteiger partial charge in [-0.3, -0.25) is 0 Å². The van der Waals surface area contributed by atoms with Crippen LogP contribution in [0, 0.1) is 11.6 Å². The second-order valence-electron chi connectivity index (χ2n) is 4.68. The lowest BCUT2D eigenvalue weighted by Gasteiger charge is -2.12. The number of hydrogen-bond acceptors (Lipinski definition) is 1. The smallest absolute Gasteiger partial charge is 0.159 e. The summed E-state index contributed by atoms with van der Waals surface area (Å²) in [5.74, 6) is -1.87. The highest BCUT2D eigenvalue weighted by atomic mass is 19.2. The fourth-order valence-corrected chi connectivity index (χ4v) is 2.25. The van der Waals surface area contributed by atoms with Crippen LogP contribution >= 0.6 is 0 Å². The highest BCUT2D eigenvalue weighted by molar-refractivity contribution is 5.83. The number of halogens is 2. The number of fused-ring (bicyclic) bond motifs is 1. The molecule has 1 N–H and O–H groups in total. The van der Waals surface area contributed by atoms with E-state index in [2.05, 4.69) is 0 Å². The predicted octanol–water partition coefficient (Wildman–Crippen LogP) is 4.20. The molecule has 0 radical (unpaired) electrons. The van der Waals surface area contributed by atoms with E-state index in [4.69, 9.17) is 0 Å². The third-order valence-electron chi connectivity index (χ3n) is 3.35. The topological polar surface area (TPSA) is 20.2 Å². The number of hydrogen-bond donors (Lipinski definition) is 1. The third kappa shape index (κ3) is 2.28. The molecule has 0 spiro atoms. The molecule has 3 aromatic rings. The molecule has 0 heterocycles. The second-order valence-corrected chi connectivity index (χ2v) is 4.68. The summed E-state index contributed by atoms with van der Waals surface area (Å²) in [6, 6.07) is 16.7. The molecule has 3 heteroatoms. The van der Waals surface area contributed by atoms with Gasteiger partial charge in [-0.25, -0.2) is 8.78 Å². The Labute approximate surface area is 115 Å². The highest BCUT2D eigenvalue weighted by Gasteiger charge is 2.13. The summed E-state index contributed by atoms with van der Waals surface area (Å²) in [4.78, 5) is 0. The monoisotopic (exact) mass is 270 g/mol. The molecule has 100 valence electrons. The van der Waals surface area contributed by atoms with Gasteiger partial charge in [-0.2, -0.15) is 0 Å². The number of rotatable bonds is 2. The Hall–Kier alpha value is -2.26. The van der Waals surface area contributed by atoms with Gasteiger partial charge in [-0.15, -0.1) is 0 Å². The van der Waals surface area contributed by atoms with Gasteiger partial charge in [0.25, 0.3) is 0 Å². The largest absolute Gasteiger partial charge is 0.384 e. The van der Waals surface area contributed by atoms with Gasteiger partial charge in [0.15, 0.2) is 11.6 Å². The Morgan fingerprint density at radius 3 is 2.10 bits per heavy atom. The molecule has 0 bridgehead atoms. The minimum Gasteiger partial charge on any atom is -0.384 e. The fraction of sp³-hybridized carbons (Fsp3) is 0.0588. The van der Waals surface area contributed by atoms with Gasteiger partial charge in [0.05, 0.1) is 0 Å². The van der Waals surface area contributed by atoms with Crippen LogP contribution in [0.15, 0.2) is 60.7 Å². The van der Waals surface area contributed by atoms with Crippen LogP contribution in [0.5, 0.6) is 0 Å². The van der Waals surface area contributed by atoms with E-state index < -0.39 is 17.7 Å². The molecule has 1 atom stereocenters. The summed E-state index contributed by atoms with van der Waals surface area (Å²) in [6.45, 7) is 0. The zero-order valence-corrected chi connectivity index (χ0v) is 10.6. The normalized spacial score (nSPS) is 12.6. The number of aliphatic hydroxyl groups is 1. The Kier molecular flexibility index (Phi) is 3.20. The predicted molar refractivity (Wildman–Crippen MR) is 74.4 cm³/mol. The summed E-state index contributed by atoms with van der Waals surface area (Å²) in [5.41, 5.74) is 0.980. The van der Waals surface area contributed by atoms with E-state index in [1.807, 2.05) is 36.4 Å². The van der Waals surface area contributed by atoms with Crippen molar-refractivity contribution in [3.8, 4) is 0 Å². The molecule has 0 aliphatic carbocycles. The van der Waals surface area contributed by atoms with Gasteiger partial charge in [-0.1, -0.05) is 42.5 Å². The van der Waals surface area contributed by atoms with Crippen LogP contribution in [0.4, 0.5) is 8.78 Å². The molecule has 20 heavy (non-hydrogen) atoms. The lowest BCUT2D eigenvalue weighted by atomic mass is 9.98. The summed E-state index contributed by atoms with van der Waals surface area (Å²) in [5, 5.41) is 12.3. The van der Waals surface area contributed by atoms with Crippen molar-refractivity contribution in [2.45, 2.75) is 6.10 Å². The van der Waals surface area contributed by atoms with Crippen molar-refractivity contribution in [2.75, 3.05) is 0 Å². The van der Waals surface area contributed by atoms with E-state index in [-0.39, 0.29) is 0 Å². The Morgan fingerprint density at radius 1 is 0.700 bits per heavy atom. The standard InChI is InChI=1S/C17H12F2O/c18-15-8-7-14(10-16(15)19)17(20)13-6-5-11-3-1-2-4-12(11)9-13/h1-10,17,20H. The first-order chi connectivity index (χ1) is 9.65. The van der Waals surface area contributed by atoms with Crippen molar-refractivity contribution >= 4 is 10.8 Å². The molecule has 0 fully saturated rings. The summed E-state index contributed by atoms with van der Waals surface area (Å²) in [7, 11) is 0. The van der Waals surface area contributed by atoms with Gasteiger partial charge >= 0.3 is 0 Å². The maximum atomic E-state index is 13.2. The molecule has 0 saturated heterocycles. The minimum absolute atomic E-state index is 0.333. The van der Waals surface area contributed by atoms with Crippen LogP contribution in [0.1, 0.15) is 17.2 Å². The van der Waals surface area contributed by atoms with E-state index in [9.17, 15) is 13.9 Å². The first-order valence-corrected chi connectivity index (χ1v) is 6.27. The summed E-state index contributed by atoms with van der Waals surface area (Å²) >= 11 is 0. The molecule has 1 nitrogen and oxygen atoms in total. The first-order valence-electron chi connectivity index (χ1n) is 6.27. The van der Waals surface area contributed by atoms with Crippen LogP contribution in [-0.4, -0.2) is 5.11 Å². The van der Waals surface area contributed by atoms with Gasteiger partial charge in [-0.05, 0) is 40.1 Å². The maximum absolute atomic E-state index is 13.2. The van der Waals surface area contributed by atoms with Gasteiger partial charge in [0.2, 0.25) is 0 Å². The molecule has 3 aromatic carbocycles. The lowest BCUT2D eigenvalue weighted by molar-refractivity contribution is 0.219. The Bertz CT molecular complexity index is 768. The quantitative estimate of drug-likeness (QED) is 0.740. The van der Waals surface area contributed by atoms with Crippen molar-refractivity contribution in [3.63, 3.8) is 0 Å². The number of aliphatic hydroxyl groups excluding tert-OH is 1. The van der Waals surface area contributed by atoms with Crippen molar-refractivity contribution in [3.05, 3.63) is 83.4 Å². The molecule has 0 aliphatic rings. The molecule has 0 aliphatic heterocycles. The summed E-state index contributed by atoms with van der Waals surface area (Å²) < 4.78 is 26.1. The third-order valence-corrected chi connectivity index (χ3v) is 3.35. The van der Waals surface area contributed by atoms with Crippen molar-refractivity contribution < 1.29 is 13.9 Å². The first kappa shape index (κ1) is 12.8. The van der Waals surface area contributed by atoms with Crippen LogP contribution in [0.3, 0.4) is 0 Å². The SMILES string of the molecule is OC(c1ccc(F)c(F)c1)c1ccc2ccccc2c1. The van der Waals surface area contributed by atoms with Crippen molar-refractivity contribution in [1.82, 2.24) is 0 Å². The van der Waals surface area contributed by atoms with Crippen molar-refractivity contribution in [2.24, 2.45) is 0 Å². The van der Waals surface area contributed by atoms with Crippen LogP contribution in [0.25, 0.3) is 10.8 Å². The highest BCUT2D eigenvalue weighted by Crippen LogP contribution is 2.26. The molecule has 0 aromatic heterocycles. The van der Waals surface area contributed by atoms with Gasteiger partial charge < -0.3 is 5.11 Å².